The Morgan fingerprint density at radius 1 is 1.48 bits per heavy atom. The van der Waals surface area contributed by atoms with Crippen LogP contribution >= 0.6 is 11.3 Å². The van der Waals surface area contributed by atoms with Gasteiger partial charge in [-0.3, -0.25) is 0 Å². The second-order valence-corrected chi connectivity index (χ2v) is 7.97. The highest BCUT2D eigenvalue weighted by Crippen LogP contribution is 2.23. The van der Waals surface area contributed by atoms with E-state index in [2.05, 4.69) is 48.3 Å². The van der Waals surface area contributed by atoms with Crippen LogP contribution in [0, 0.1) is 5.92 Å². The molecular formula is C17H30N4OS. The highest BCUT2D eigenvalue weighted by molar-refractivity contribution is 7.11. The van der Waals surface area contributed by atoms with Gasteiger partial charge in [-0.1, -0.05) is 13.8 Å². The highest BCUT2D eigenvalue weighted by Gasteiger charge is 2.29. The molecule has 1 aromatic heterocycles. The molecule has 0 spiro atoms. The lowest BCUT2D eigenvalue weighted by Crippen LogP contribution is -2.45. The Kier molecular flexibility index (Phi) is 6.84. The first-order valence-corrected chi connectivity index (χ1v) is 9.42. The van der Waals surface area contributed by atoms with Crippen LogP contribution in [0.1, 0.15) is 50.4 Å². The predicted octanol–water partition coefficient (Wildman–Crippen LogP) is 2.97. The van der Waals surface area contributed by atoms with Crippen molar-refractivity contribution < 1.29 is 4.74 Å². The third-order valence-electron chi connectivity index (χ3n) is 3.85. The molecule has 1 fully saturated rings. The zero-order valence-electron chi connectivity index (χ0n) is 14.8. The fraction of sp³-hybridized carbons (Fsp3) is 0.765. The first-order chi connectivity index (χ1) is 11.0. The number of hydrogen-bond donors (Lipinski definition) is 2. The van der Waals surface area contributed by atoms with Gasteiger partial charge < -0.3 is 15.4 Å². The molecule has 0 saturated carbocycles. The van der Waals surface area contributed by atoms with Gasteiger partial charge in [0.1, 0.15) is 0 Å². The number of aromatic nitrogens is 1. The molecule has 1 aliphatic rings. The van der Waals surface area contributed by atoms with Crippen molar-refractivity contribution in [3.63, 3.8) is 0 Å². The Bertz CT molecular complexity index is 506. The molecule has 0 radical (unpaired) electrons. The number of guanidine groups is 1. The van der Waals surface area contributed by atoms with Crippen LogP contribution in [0.3, 0.4) is 0 Å². The van der Waals surface area contributed by atoms with Gasteiger partial charge in [0, 0.05) is 37.2 Å². The quantitative estimate of drug-likeness (QED) is 0.593. The van der Waals surface area contributed by atoms with Crippen LogP contribution in [-0.4, -0.2) is 36.2 Å². The lowest BCUT2D eigenvalue weighted by molar-refractivity contribution is 0.0243. The average Bonchev–Trinajstić information content (AvgIpc) is 3.11. The normalized spacial score (nSPS) is 21.9. The van der Waals surface area contributed by atoms with E-state index in [9.17, 15) is 0 Å². The van der Waals surface area contributed by atoms with Crippen LogP contribution < -0.4 is 10.6 Å². The number of nitrogens with one attached hydrogen (secondary N) is 2. The summed E-state index contributed by atoms with van der Waals surface area (Å²) in [4.78, 5) is 10.4. The molecule has 1 unspecified atom stereocenters. The zero-order valence-corrected chi connectivity index (χ0v) is 15.6. The maximum absolute atomic E-state index is 5.82. The summed E-state index contributed by atoms with van der Waals surface area (Å²) in [6.07, 6.45) is 5.25. The molecule has 6 heteroatoms. The van der Waals surface area contributed by atoms with Crippen molar-refractivity contribution >= 4 is 17.3 Å². The smallest absolute Gasteiger partial charge is 0.191 e. The van der Waals surface area contributed by atoms with Gasteiger partial charge in [0.2, 0.25) is 0 Å². The van der Waals surface area contributed by atoms with Gasteiger partial charge in [0.15, 0.2) is 5.96 Å². The molecular weight excluding hydrogens is 308 g/mol. The van der Waals surface area contributed by atoms with Crippen LogP contribution in [0.2, 0.25) is 0 Å². The van der Waals surface area contributed by atoms with E-state index in [4.69, 9.17) is 4.74 Å². The van der Waals surface area contributed by atoms with Crippen molar-refractivity contribution in [1.82, 2.24) is 15.6 Å². The molecule has 0 bridgehead atoms. The van der Waals surface area contributed by atoms with Gasteiger partial charge in [0.25, 0.3) is 0 Å². The lowest BCUT2D eigenvalue weighted by atomic mass is 10.0. The molecule has 1 aromatic rings. The van der Waals surface area contributed by atoms with Crippen LogP contribution in [0.25, 0.3) is 0 Å². The standard InChI is InChI=1S/C17H30N4OS/c1-5-18-16(21-12-17(4)7-6-8-22-17)20-11-14-10-19-15(23-14)9-13(2)3/h10,13H,5-9,11-12H2,1-4H3,(H2,18,20,21). The van der Waals surface area contributed by atoms with Crippen molar-refractivity contribution in [2.24, 2.45) is 10.9 Å². The molecule has 0 aromatic carbocycles. The van der Waals surface area contributed by atoms with Crippen molar-refractivity contribution in [3.8, 4) is 0 Å². The molecule has 130 valence electrons. The largest absolute Gasteiger partial charge is 0.373 e. The Balaban J connectivity index is 1.88. The van der Waals surface area contributed by atoms with Crippen LogP contribution in [0.15, 0.2) is 11.2 Å². The molecule has 2 heterocycles. The van der Waals surface area contributed by atoms with Gasteiger partial charge in [0.05, 0.1) is 17.2 Å². The molecule has 1 saturated heterocycles. The lowest BCUT2D eigenvalue weighted by Gasteiger charge is -2.24. The summed E-state index contributed by atoms with van der Waals surface area (Å²) in [6, 6.07) is 0. The Hall–Kier alpha value is -1.14. The summed E-state index contributed by atoms with van der Waals surface area (Å²) in [5.74, 6) is 1.49. The number of nitrogens with zero attached hydrogens (tertiary/aromatic N) is 2. The van der Waals surface area contributed by atoms with Crippen LogP contribution in [0.4, 0.5) is 0 Å². The first kappa shape index (κ1) is 18.2. The summed E-state index contributed by atoms with van der Waals surface area (Å²) >= 11 is 1.77. The average molecular weight is 339 g/mol. The van der Waals surface area contributed by atoms with Gasteiger partial charge in [-0.05, 0) is 32.6 Å². The van der Waals surface area contributed by atoms with Crippen LogP contribution in [0.5, 0.6) is 0 Å². The van der Waals surface area contributed by atoms with E-state index >= 15 is 0 Å². The SMILES string of the molecule is CCNC(=NCc1cnc(CC(C)C)s1)NCC1(C)CCCO1. The minimum atomic E-state index is -0.0644. The topological polar surface area (TPSA) is 58.5 Å². The second-order valence-electron chi connectivity index (χ2n) is 6.77. The van der Waals surface area contributed by atoms with Gasteiger partial charge >= 0.3 is 0 Å². The first-order valence-electron chi connectivity index (χ1n) is 8.60. The molecule has 5 nitrogen and oxygen atoms in total. The van der Waals surface area contributed by atoms with E-state index in [0.29, 0.717) is 12.5 Å². The third kappa shape index (κ3) is 6.11. The predicted molar refractivity (Wildman–Crippen MR) is 97.1 cm³/mol. The van der Waals surface area contributed by atoms with E-state index in [1.807, 2.05) is 6.20 Å². The molecule has 0 aliphatic carbocycles. The summed E-state index contributed by atoms with van der Waals surface area (Å²) in [5.41, 5.74) is -0.0644. The molecule has 2 rings (SSSR count). The minimum absolute atomic E-state index is 0.0644. The third-order valence-corrected chi connectivity index (χ3v) is 4.86. The van der Waals surface area contributed by atoms with Crippen molar-refractivity contribution in [3.05, 3.63) is 16.1 Å². The van der Waals surface area contributed by atoms with Gasteiger partial charge in [-0.25, -0.2) is 9.98 Å². The minimum Gasteiger partial charge on any atom is -0.373 e. The number of hydrogen-bond acceptors (Lipinski definition) is 4. The molecule has 23 heavy (non-hydrogen) atoms. The zero-order chi connectivity index (χ0) is 16.7. The molecule has 0 amide bonds. The molecule has 2 N–H and O–H groups in total. The summed E-state index contributed by atoms with van der Waals surface area (Å²) in [6.45, 7) is 11.9. The van der Waals surface area contributed by atoms with Crippen molar-refractivity contribution in [1.29, 1.82) is 0 Å². The maximum Gasteiger partial charge on any atom is 0.191 e. The Labute approximate surface area is 144 Å². The Morgan fingerprint density at radius 3 is 2.96 bits per heavy atom. The maximum atomic E-state index is 5.82. The second kappa shape index (κ2) is 8.64. The number of ether oxygens (including phenoxy) is 1. The van der Waals surface area contributed by atoms with E-state index < -0.39 is 0 Å². The monoisotopic (exact) mass is 338 g/mol. The molecule has 1 aliphatic heterocycles. The number of rotatable bonds is 7. The number of aliphatic imine (C=N–C) groups is 1. The van der Waals surface area contributed by atoms with E-state index in [-0.39, 0.29) is 5.60 Å². The van der Waals surface area contributed by atoms with Gasteiger partial charge in [-0.2, -0.15) is 0 Å². The van der Waals surface area contributed by atoms with E-state index in [0.717, 1.165) is 44.9 Å². The number of thiazole rings is 1. The fourth-order valence-electron chi connectivity index (χ4n) is 2.61. The van der Waals surface area contributed by atoms with Crippen molar-refractivity contribution in [2.75, 3.05) is 19.7 Å². The van der Waals surface area contributed by atoms with E-state index in [1.54, 1.807) is 11.3 Å². The Morgan fingerprint density at radius 2 is 2.30 bits per heavy atom. The fourth-order valence-corrected chi connectivity index (χ4v) is 3.67. The van der Waals surface area contributed by atoms with Gasteiger partial charge in [-0.15, -0.1) is 11.3 Å². The highest BCUT2D eigenvalue weighted by atomic mass is 32.1. The van der Waals surface area contributed by atoms with E-state index in [1.165, 1.54) is 9.88 Å². The summed E-state index contributed by atoms with van der Waals surface area (Å²) in [7, 11) is 0. The van der Waals surface area contributed by atoms with Crippen molar-refractivity contribution in [2.45, 2.75) is 59.1 Å². The van der Waals surface area contributed by atoms with Crippen LogP contribution in [-0.2, 0) is 17.7 Å². The molecule has 1 atom stereocenters. The summed E-state index contributed by atoms with van der Waals surface area (Å²) < 4.78 is 5.82. The summed E-state index contributed by atoms with van der Waals surface area (Å²) in [5, 5.41) is 7.91.